The first-order valence-corrected chi connectivity index (χ1v) is 17.7. The standard InChI is InChI=1S/3C15H11N3.HNO3/c3*1-4-12(10-16-7-1)14-6-3-9-18-15(14)13-5-2-8-17-11-13;2-1(3)4/h3*1-11H;(H,2,3,4). The Kier molecular flexibility index (Phi) is 14.1. The Morgan fingerprint density at radius 3 is 0.759 bits per heavy atom. The maximum absolute atomic E-state index is 8.36. The molecule has 0 aliphatic heterocycles. The maximum Gasteiger partial charge on any atom is 0.291 e. The van der Waals surface area contributed by atoms with Crippen molar-refractivity contribution in [2.45, 2.75) is 0 Å². The molecule has 1 N–H and O–H groups in total. The molecule has 0 aliphatic rings. The van der Waals surface area contributed by atoms with Gasteiger partial charge in [-0.2, -0.15) is 0 Å². The molecule has 0 aromatic carbocycles. The summed E-state index contributed by atoms with van der Waals surface area (Å²) >= 11 is 0. The van der Waals surface area contributed by atoms with Gasteiger partial charge in [-0.05, 0) is 72.8 Å². The molecule has 0 bridgehead atoms. The molecule has 0 atom stereocenters. The molecule has 0 saturated carbocycles. The normalized spacial score (nSPS) is 9.93. The quantitative estimate of drug-likeness (QED) is 0.125. The lowest BCUT2D eigenvalue weighted by atomic mass is 10.0. The molecule has 9 aromatic rings. The summed E-state index contributed by atoms with van der Waals surface area (Å²) in [6.45, 7) is 0. The minimum atomic E-state index is -1.50. The highest BCUT2D eigenvalue weighted by Crippen LogP contribution is 2.31. The fraction of sp³-hybridized carbons (Fsp3) is 0. The van der Waals surface area contributed by atoms with Gasteiger partial charge in [-0.1, -0.05) is 36.4 Å². The summed E-state index contributed by atoms with van der Waals surface area (Å²) in [5.41, 5.74) is 12.2. The Labute approximate surface area is 333 Å². The predicted octanol–water partition coefficient (Wildman–Crippen LogP) is 9.27. The van der Waals surface area contributed by atoms with Crippen LogP contribution >= 0.6 is 0 Å². The molecule has 58 heavy (non-hydrogen) atoms. The molecule has 0 radical (unpaired) electrons. The van der Waals surface area contributed by atoms with E-state index < -0.39 is 5.09 Å². The third-order valence-electron chi connectivity index (χ3n) is 8.15. The average molecular weight is 763 g/mol. The van der Waals surface area contributed by atoms with Crippen LogP contribution in [0, 0.1) is 10.1 Å². The molecule has 0 saturated heterocycles. The largest absolute Gasteiger partial charge is 0.328 e. The highest BCUT2D eigenvalue weighted by Gasteiger charge is 2.10. The van der Waals surface area contributed by atoms with Crippen LogP contribution in [-0.2, 0) is 0 Å². The monoisotopic (exact) mass is 762 g/mol. The van der Waals surface area contributed by atoms with Crippen LogP contribution in [0.3, 0.4) is 0 Å². The molecule has 0 aliphatic carbocycles. The van der Waals surface area contributed by atoms with Gasteiger partial charge in [0, 0.05) is 143 Å². The van der Waals surface area contributed by atoms with Crippen molar-refractivity contribution in [3.05, 3.63) is 212 Å². The lowest BCUT2D eigenvalue weighted by Gasteiger charge is -2.07. The van der Waals surface area contributed by atoms with E-state index in [1.165, 1.54) is 0 Å². The van der Waals surface area contributed by atoms with E-state index in [9.17, 15) is 0 Å². The van der Waals surface area contributed by atoms with E-state index in [4.69, 9.17) is 15.3 Å². The summed E-state index contributed by atoms with van der Waals surface area (Å²) in [7, 11) is 0. The van der Waals surface area contributed by atoms with E-state index >= 15 is 0 Å². The summed E-state index contributed by atoms with van der Waals surface area (Å²) in [4.78, 5) is 46.6. The van der Waals surface area contributed by atoms with E-state index in [-0.39, 0.29) is 0 Å². The molecule has 9 rings (SSSR count). The van der Waals surface area contributed by atoms with Crippen LogP contribution in [0.15, 0.2) is 202 Å². The number of hydrogen-bond acceptors (Lipinski definition) is 11. The van der Waals surface area contributed by atoms with Crippen molar-refractivity contribution in [1.29, 1.82) is 0 Å². The van der Waals surface area contributed by atoms with Crippen molar-refractivity contribution in [2.75, 3.05) is 0 Å². The number of aromatic nitrogens is 9. The Hall–Kier alpha value is -8.45. The molecule has 9 heterocycles. The lowest BCUT2D eigenvalue weighted by molar-refractivity contribution is -0.742. The molecule has 13 nitrogen and oxygen atoms in total. The van der Waals surface area contributed by atoms with Crippen molar-refractivity contribution in [3.63, 3.8) is 0 Å². The molecule has 0 fully saturated rings. The van der Waals surface area contributed by atoms with Crippen molar-refractivity contribution in [2.24, 2.45) is 0 Å². The van der Waals surface area contributed by atoms with Crippen LogP contribution in [0.1, 0.15) is 0 Å². The van der Waals surface area contributed by atoms with Crippen LogP contribution in [0.5, 0.6) is 0 Å². The van der Waals surface area contributed by atoms with Crippen molar-refractivity contribution < 1.29 is 10.3 Å². The average Bonchev–Trinajstić information content (AvgIpc) is 3.31. The van der Waals surface area contributed by atoms with Crippen LogP contribution in [0.25, 0.3) is 67.2 Å². The zero-order valence-corrected chi connectivity index (χ0v) is 30.8. The lowest BCUT2D eigenvalue weighted by Crippen LogP contribution is -1.89. The first-order valence-electron chi connectivity index (χ1n) is 17.7. The smallest absolute Gasteiger partial charge is 0.291 e. The van der Waals surface area contributed by atoms with E-state index in [1.807, 2.05) is 146 Å². The fourth-order valence-corrected chi connectivity index (χ4v) is 5.68. The van der Waals surface area contributed by atoms with E-state index in [2.05, 4.69) is 44.9 Å². The van der Waals surface area contributed by atoms with Crippen LogP contribution in [0.2, 0.25) is 0 Å². The molecular formula is C45H34N10O3. The minimum Gasteiger partial charge on any atom is -0.328 e. The van der Waals surface area contributed by atoms with Gasteiger partial charge in [0.05, 0.1) is 17.1 Å². The van der Waals surface area contributed by atoms with Gasteiger partial charge in [-0.15, -0.1) is 10.1 Å². The van der Waals surface area contributed by atoms with Crippen LogP contribution in [0.4, 0.5) is 0 Å². The topological polar surface area (TPSA) is 179 Å². The van der Waals surface area contributed by atoms with Crippen molar-refractivity contribution in [3.8, 4) is 67.2 Å². The zero-order valence-electron chi connectivity index (χ0n) is 30.8. The van der Waals surface area contributed by atoms with E-state index in [0.29, 0.717) is 0 Å². The first-order chi connectivity index (χ1) is 28.6. The second kappa shape index (κ2) is 20.9. The molecule has 13 heteroatoms. The maximum atomic E-state index is 8.36. The predicted molar refractivity (Wildman–Crippen MR) is 221 cm³/mol. The third-order valence-corrected chi connectivity index (χ3v) is 8.15. The summed E-state index contributed by atoms with van der Waals surface area (Å²) in [5.74, 6) is 0. The second-order valence-electron chi connectivity index (χ2n) is 11.9. The summed E-state index contributed by atoms with van der Waals surface area (Å²) in [6, 6.07) is 35.6. The molecule has 0 unspecified atom stereocenters. The number of hydrogen-bond donors (Lipinski definition) is 1. The Bertz CT molecular complexity index is 2130. The molecule has 0 spiro atoms. The Morgan fingerprint density at radius 1 is 0.345 bits per heavy atom. The van der Waals surface area contributed by atoms with Crippen LogP contribution in [-0.4, -0.2) is 55.1 Å². The van der Waals surface area contributed by atoms with Gasteiger partial charge in [0.15, 0.2) is 0 Å². The third kappa shape index (κ3) is 11.1. The van der Waals surface area contributed by atoms with E-state index in [0.717, 1.165) is 67.2 Å². The van der Waals surface area contributed by atoms with Gasteiger partial charge >= 0.3 is 0 Å². The highest BCUT2D eigenvalue weighted by molar-refractivity contribution is 5.81. The SMILES string of the molecule is O=[N+]([O-])O.c1cncc(-c2cccnc2-c2cccnc2)c1.c1cncc(-c2cccnc2-c2cccnc2)c1.c1cncc(-c2cccnc2-c2cccnc2)c1. The van der Waals surface area contributed by atoms with Gasteiger partial charge in [0.25, 0.3) is 5.09 Å². The molecular weight excluding hydrogens is 729 g/mol. The number of rotatable bonds is 6. The minimum absolute atomic E-state index is 0.929. The fourth-order valence-electron chi connectivity index (χ4n) is 5.68. The molecule has 282 valence electrons. The van der Waals surface area contributed by atoms with Gasteiger partial charge in [0.1, 0.15) is 0 Å². The van der Waals surface area contributed by atoms with Gasteiger partial charge in [0.2, 0.25) is 0 Å². The summed E-state index contributed by atoms with van der Waals surface area (Å²) in [5, 5.41) is 13.6. The Balaban J connectivity index is 0.000000140. The molecule has 0 amide bonds. The van der Waals surface area contributed by atoms with Crippen LogP contribution < -0.4 is 0 Å². The van der Waals surface area contributed by atoms with Crippen molar-refractivity contribution in [1.82, 2.24) is 44.9 Å². The Morgan fingerprint density at radius 2 is 0.552 bits per heavy atom. The number of nitrogens with zero attached hydrogens (tertiary/aromatic N) is 10. The number of pyridine rings is 9. The van der Waals surface area contributed by atoms with Crippen molar-refractivity contribution >= 4 is 0 Å². The summed E-state index contributed by atoms with van der Waals surface area (Å²) < 4.78 is 0. The van der Waals surface area contributed by atoms with E-state index in [1.54, 1.807) is 55.8 Å². The second-order valence-corrected chi connectivity index (χ2v) is 11.9. The first kappa shape index (κ1) is 39.2. The highest BCUT2D eigenvalue weighted by atomic mass is 16.9. The molecule has 9 aromatic heterocycles. The van der Waals surface area contributed by atoms with Gasteiger partial charge in [-0.25, -0.2) is 0 Å². The summed E-state index contributed by atoms with van der Waals surface area (Å²) in [6.07, 6.45) is 27.0. The van der Waals surface area contributed by atoms with Gasteiger partial charge in [-0.3, -0.25) is 44.9 Å². The zero-order chi connectivity index (χ0) is 40.2. The van der Waals surface area contributed by atoms with Gasteiger partial charge < -0.3 is 5.21 Å².